The molecule has 32 heavy (non-hydrogen) atoms. The smallest absolute Gasteiger partial charge is 0.274 e. The molecule has 164 valence electrons. The number of likely N-dealkylation sites (tertiary alicyclic amines) is 1. The summed E-state index contributed by atoms with van der Waals surface area (Å²) in [5, 5.41) is 1.06. The topological polar surface area (TPSA) is 80.7 Å². The summed E-state index contributed by atoms with van der Waals surface area (Å²) in [7, 11) is 0. The quantitative estimate of drug-likeness (QED) is 0.498. The van der Waals surface area contributed by atoms with Gasteiger partial charge in [0.2, 0.25) is 0 Å². The van der Waals surface area contributed by atoms with Crippen LogP contribution in [0.15, 0.2) is 48.8 Å². The number of rotatable bonds is 4. The molecule has 1 saturated heterocycles. The van der Waals surface area contributed by atoms with Gasteiger partial charge in [0.25, 0.3) is 11.8 Å². The van der Waals surface area contributed by atoms with Gasteiger partial charge in [0, 0.05) is 29.7 Å². The van der Waals surface area contributed by atoms with Crippen LogP contribution in [0.3, 0.4) is 0 Å². The maximum atomic E-state index is 13.6. The van der Waals surface area contributed by atoms with Crippen LogP contribution in [0, 0.1) is 6.92 Å². The van der Waals surface area contributed by atoms with Crippen LogP contribution in [-0.2, 0) is 6.42 Å². The highest BCUT2D eigenvalue weighted by atomic mass is 32.1. The van der Waals surface area contributed by atoms with E-state index in [-0.39, 0.29) is 11.9 Å². The van der Waals surface area contributed by atoms with E-state index in [1.807, 2.05) is 65.0 Å². The van der Waals surface area contributed by atoms with Crippen molar-refractivity contribution in [3.05, 3.63) is 70.5 Å². The highest BCUT2D eigenvalue weighted by molar-refractivity contribution is 7.21. The second-order valence-corrected chi connectivity index (χ2v) is 9.58. The first kappa shape index (κ1) is 20.7. The van der Waals surface area contributed by atoms with Gasteiger partial charge in [-0.05, 0) is 54.8 Å². The lowest BCUT2D eigenvalue weighted by Gasteiger charge is -2.30. The molecule has 1 atom stereocenters. The summed E-state index contributed by atoms with van der Waals surface area (Å²) in [6.45, 7) is 2.70. The fourth-order valence-electron chi connectivity index (χ4n) is 4.80. The summed E-state index contributed by atoms with van der Waals surface area (Å²) >= 11 is 1.44. The average molecular weight is 447 g/mol. The molecular weight excluding hydrogens is 420 g/mol. The predicted molar refractivity (Wildman–Crippen MR) is 127 cm³/mol. The Morgan fingerprint density at radius 2 is 2.00 bits per heavy atom. The molecule has 1 aliphatic heterocycles. The molecule has 5 rings (SSSR count). The largest absolute Gasteiger partial charge is 0.365 e. The Morgan fingerprint density at radius 1 is 1.16 bits per heavy atom. The minimum Gasteiger partial charge on any atom is -0.365 e. The summed E-state index contributed by atoms with van der Waals surface area (Å²) in [6.07, 6.45) is 8.40. The van der Waals surface area contributed by atoms with Gasteiger partial charge >= 0.3 is 0 Å². The van der Waals surface area contributed by atoms with Gasteiger partial charge in [0.15, 0.2) is 0 Å². The summed E-state index contributed by atoms with van der Waals surface area (Å²) in [5.74, 6) is -0.441. The minimum absolute atomic E-state index is 0.00650. The van der Waals surface area contributed by atoms with Crippen molar-refractivity contribution in [3.63, 3.8) is 0 Å². The number of hydrogen-bond donors (Lipinski definition) is 1. The van der Waals surface area contributed by atoms with Gasteiger partial charge in [-0.2, -0.15) is 0 Å². The number of thiophene rings is 1. The summed E-state index contributed by atoms with van der Waals surface area (Å²) in [4.78, 5) is 33.0. The molecule has 4 aromatic rings. The van der Waals surface area contributed by atoms with Crippen molar-refractivity contribution in [2.45, 2.75) is 45.1 Å². The molecule has 0 spiro atoms. The monoisotopic (exact) mass is 446 g/mol. The van der Waals surface area contributed by atoms with Crippen LogP contribution in [0.5, 0.6) is 0 Å². The zero-order valence-electron chi connectivity index (χ0n) is 18.1. The second-order valence-electron chi connectivity index (χ2n) is 8.52. The summed E-state index contributed by atoms with van der Waals surface area (Å²) < 4.78 is 2.96. The summed E-state index contributed by atoms with van der Waals surface area (Å²) in [5.41, 5.74) is 9.01. The molecule has 6 nitrogen and oxygen atoms in total. The van der Waals surface area contributed by atoms with Gasteiger partial charge in [-0.15, -0.1) is 11.3 Å². The van der Waals surface area contributed by atoms with Gasteiger partial charge in [-0.3, -0.25) is 9.59 Å². The van der Waals surface area contributed by atoms with Gasteiger partial charge in [0.1, 0.15) is 11.3 Å². The van der Waals surface area contributed by atoms with Crippen molar-refractivity contribution in [1.82, 2.24) is 14.3 Å². The molecule has 0 aliphatic carbocycles. The van der Waals surface area contributed by atoms with Crippen molar-refractivity contribution in [2.24, 2.45) is 5.73 Å². The lowest BCUT2D eigenvalue weighted by Crippen LogP contribution is -2.41. The minimum atomic E-state index is -0.400. The van der Waals surface area contributed by atoms with Gasteiger partial charge < -0.3 is 15.0 Å². The van der Waals surface area contributed by atoms with Crippen molar-refractivity contribution >= 4 is 38.9 Å². The molecule has 1 aromatic carbocycles. The van der Waals surface area contributed by atoms with E-state index in [1.54, 1.807) is 0 Å². The Morgan fingerprint density at radius 3 is 2.81 bits per heavy atom. The van der Waals surface area contributed by atoms with Gasteiger partial charge in [0.05, 0.1) is 4.88 Å². The SMILES string of the molecule is Cc1cccn2cc(C(=O)N3CCCCCC3Cc3c(C(N)=O)sc4ccccc34)nc12. The number of benzene rings is 1. The van der Waals surface area contributed by atoms with E-state index in [9.17, 15) is 9.59 Å². The first-order chi connectivity index (χ1) is 15.5. The third kappa shape index (κ3) is 3.66. The molecule has 7 heteroatoms. The highest BCUT2D eigenvalue weighted by Gasteiger charge is 2.30. The number of pyridine rings is 1. The molecule has 2 N–H and O–H groups in total. The number of hydrogen-bond acceptors (Lipinski definition) is 4. The molecule has 3 aromatic heterocycles. The average Bonchev–Trinajstić information content (AvgIpc) is 3.30. The van der Waals surface area contributed by atoms with Crippen molar-refractivity contribution < 1.29 is 9.59 Å². The number of primary amides is 1. The van der Waals surface area contributed by atoms with E-state index in [2.05, 4.69) is 4.98 Å². The predicted octanol–water partition coefficient (Wildman–Crippen LogP) is 4.58. The number of aryl methyl sites for hydroxylation is 1. The van der Waals surface area contributed by atoms with Crippen LogP contribution in [-0.4, -0.2) is 38.7 Å². The molecule has 1 unspecified atom stereocenters. The fourth-order valence-corrected chi connectivity index (χ4v) is 5.88. The van der Waals surface area contributed by atoms with Crippen LogP contribution >= 0.6 is 11.3 Å². The summed E-state index contributed by atoms with van der Waals surface area (Å²) in [6, 6.07) is 12.0. The third-order valence-electron chi connectivity index (χ3n) is 6.40. The number of amides is 2. The van der Waals surface area contributed by atoms with Crippen molar-refractivity contribution in [1.29, 1.82) is 0 Å². The first-order valence-corrected chi connectivity index (χ1v) is 11.9. The van der Waals surface area contributed by atoms with E-state index in [1.165, 1.54) is 11.3 Å². The van der Waals surface area contributed by atoms with Crippen LogP contribution in [0.25, 0.3) is 15.7 Å². The normalized spacial score (nSPS) is 17.0. The van der Waals surface area contributed by atoms with Crippen molar-refractivity contribution in [2.75, 3.05) is 6.54 Å². The van der Waals surface area contributed by atoms with Gasteiger partial charge in [-0.25, -0.2) is 4.98 Å². The maximum Gasteiger partial charge on any atom is 0.274 e. The molecule has 1 aliphatic rings. The fraction of sp³-hybridized carbons (Fsp3) is 0.320. The maximum absolute atomic E-state index is 13.6. The zero-order valence-corrected chi connectivity index (χ0v) is 18.9. The lowest BCUT2D eigenvalue weighted by molar-refractivity contribution is 0.0677. The molecule has 0 bridgehead atoms. The number of carbonyl (C=O) groups excluding carboxylic acids is 2. The zero-order chi connectivity index (χ0) is 22.2. The number of aromatic nitrogens is 2. The van der Waals surface area contributed by atoms with Gasteiger partial charge in [-0.1, -0.05) is 37.1 Å². The molecule has 1 fully saturated rings. The molecule has 0 radical (unpaired) electrons. The van der Waals surface area contributed by atoms with E-state index < -0.39 is 5.91 Å². The second kappa shape index (κ2) is 8.39. The Hall–Kier alpha value is -3.19. The van der Waals surface area contributed by atoms with E-state index in [0.29, 0.717) is 23.5 Å². The van der Waals surface area contributed by atoms with E-state index >= 15 is 0 Å². The van der Waals surface area contributed by atoms with Crippen LogP contribution < -0.4 is 5.73 Å². The molecule has 4 heterocycles. The number of nitrogens with two attached hydrogens (primary N) is 1. The van der Waals surface area contributed by atoms with E-state index in [0.717, 1.165) is 52.5 Å². The van der Waals surface area contributed by atoms with Crippen molar-refractivity contribution in [3.8, 4) is 0 Å². The van der Waals surface area contributed by atoms with Crippen LogP contribution in [0.1, 0.15) is 57.0 Å². The Kier molecular flexibility index (Phi) is 5.43. The highest BCUT2D eigenvalue weighted by Crippen LogP contribution is 2.34. The Balaban J connectivity index is 1.52. The van der Waals surface area contributed by atoms with Crippen LogP contribution in [0.2, 0.25) is 0 Å². The molecule has 2 amide bonds. The number of nitrogens with zero attached hydrogens (tertiary/aromatic N) is 3. The standard InChI is InChI=1S/C25H26N4O2S/c1-16-8-7-12-28-15-20(27-24(16)28)25(31)29-13-6-2-3-9-17(29)14-19-18-10-4-5-11-21(18)32-22(19)23(26)30/h4-5,7-8,10-12,15,17H,2-3,6,9,13-14H2,1H3,(H2,26,30). The lowest BCUT2D eigenvalue weighted by atomic mass is 9.97. The first-order valence-electron chi connectivity index (χ1n) is 11.1. The number of imidazole rings is 1. The van der Waals surface area contributed by atoms with Crippen LogP contribution in [0.4, 0.5) is 0 Å². The number of carbonyl (C=O) groups is 2. The molecular formula is C25H26N4O2S. The number of fused-ring (bicyclic) bond motifs is 2. The molecule has 0 saturated carbocycles. The Labute approximate surface area is 190 Å². The van der Waals surface area contributed by atoms with E-state index in [4.69, 9.17) is 5.73 Å². The Bertz CT molecular complexity index is 1320. The third-order valence-corrected chi connectivity index (χ3v) is 7.62.